The lowest BCUT2D eigenvalue weighted by atomic mass is 10.1. The second-order valence-electron chi connectivity index (χ2n) is 12.1. The Balaban J connectivity index is 0.00000924. The van der Waals surface area contributed by atoms with Crippen LogP contribution in [-0.2, 0) is 14.4 Å². The van der Waals surface area contributed by atoms with Gasteiger partial charge < -0.3 is 75.9 Å². The second kappa shape index (κ2) is 19.8. The number of methoxy groups -OCH3 is 2. The maximum atomic E-state index is 12.5. The molecule has 2 aromatic carbocycles. The van der Waals surface area contributed by atoms with Crippen LogP contribution >= 0.6 is 0 Å². The molecule has 0 atom stereocenters. The lowest BCUT2D eigenvalue weighted by Crippen LogP contribution is -3.00. The number of esters is 2. The van der Waals surface area contributed by atoms with Gasteiger partial charge in [-0.25, -0.2) is 0 Å². The number of halogens is 2. The van der Waals surface area contributed by atoms with Crippen molar-refractivity contribution in [3.8, 4) is 23.0 Å². The maximum Gasteiger partial charge on any atom is 0.311 e. The number of carbonyl (C=O) groups excluding carboxylic acids is 3. The van der Waals surface area contributed by atoms with Crippen LogP contribution in [0.2, 0.25) is 0 Å². The summed E-state index contributed by atoms with van der Waals surface area (Å²) in [5, 5.41) is 0. The van der Waals surface area contributed by atoms with E-state index in [4.69, 9.17) is 18.9 Å². The monoisotopic (exact) mass is 836 g/mol. The van der Waals surface area contributed by atoms with E-state index in [2.05, 4.69) is 42.3 Å². The molecule has 11 heteroatoms. The van der Waals surface area contributed by atoms with Gasteiger partial charge in [-0.2, -0.15) is 0 Å². The van der Waals surface area contributed by atoms with Gasteiger partial charge in [0, 0.05) is 12.8 Å². The quantitative estimate of drug-likeness (QED) is 0.0691. The average Bonchev–Trinajstić information content (AvgIpc) is 2.90. The number of nitrogens with zero attached hydrogens (tertiary/aromatic N) is 2. The summed E-state index contributed by atoms with van der Waals surface area (Å²) in [5.74, 6) is 0.621. The molecule has 0 saturated carbocycles. The van der Waals surface area contributed by atoms with Crippen LogP contribution < -0.4 is 66.9 Å². The molecule has 0 saturated heterocycles. The summed E-state index contributed by atoms with van der Waals surface area (Å²) in [4.78, 5) is 37.0. The largest absolute Gasteiger partial charge is 1.00 e. The lowest BCUT2D eigenvalue weighted by Gasteiger charge is -2.23. The van der Waals surface area contributed by atoms with Gasteiger partial charge in [-0.3, -0.25) is 14.4 Å². The smallest absolute Gasteiger partial charge is 0.311 e. The molecule has 0 amide bonds. The van der Waals surface area contributed by atoms with Crippen LogP contribution in [0.5, 0.6) is 23.0 Å². The molecule has 44 heavy (non-hydrogen) atoms. The number of benzene rings is 2. The number of allylic oxidation sites excluding steroid dienone is 2. The summed E-state index contributed by atoms with van der Waals surface area (Å²) in [6.07, 6.45) is 8.27. The average molecular weight is 837 g/mol. The van der Waals surface area contributed by atoms with E-state index in [0.29, 0.717) is 47.0 Å². The minimum Gasteiger partial charge on any atom is -1.00 e. The zero-order valence-electron chi connectivity index (χ0n) is 27.0. The van der Waals surface area contributed by atoms with Gasteiger partial charge >= 0.3 is 11.9 Å². The van der Waals surface area contributed by atoms with Crippen LogP contribution in [0.4, 0.5) is 0 Å². The first-order chi connectivity index (χ1) is 19.7. The molecule has 0 N–H and O–H groups in total. The second-order valence-corrected chi connectivity index (χ2v) is 12.1. The molecule has 0 fully saturated rings. The summed E-state index contributed by atoms with van der Waals surface area (Å²) in [7, 11) is 15.4. The van der Waals surface area contributed by atoms with Crippen LogP contribution in [0.1, 0.15) is 36.8 Å². The fraction of sp³-hybridized carbons (Fsp3) is 0.424. The molecule has 0 aromatic heterocycles. The van der Waals surface area contributed by atoms with Crippen molar-refractivity contribution in [2.75, 3.05) is 69.6 Å². The van der Waals surface area contributed by atoms with Crippen LogP contribution in [0.15, 0.2) is 48.6 Å². The first kappa shape index (κ1) is 41.5. The molecule has 0 spiro atoms. The van der Waals surface area contributed by atoms with Gasteiger partial charge in [-0.15, -0.1) is 0 Å². The number of carbonyl (C=O) groups is 3. The maximum absolute atomic E-state index is 12.5. The van der Waals surface area contributed by atoms with Crippen molar-refractivity contribution in [1.29, 1.82) is 0 Å². The number of hydrogen-bond donors (Lipinski definition) is 0. The van der Waals surface area contributed by atoms with Crippen molar-refractivity contribution in [1.82, 2.24) is 0 Å². The summed E-state index contributed by atoms with van der Waals surface area (Å²) in [5.41, 5.74) is 1.43. The van der Waals surface area contributed by atoms with E-state index in [-0.39, 0.29) is 65.7 Å². The van der Waals surface area contributed by atoms with E-state index in [1.54, 1.807) is 48.6 Å². The van der Waals surface area contributed by atoms with Crippen molar-refractivity contribution in [2.24, 2.45) is 0 Å². The molecular formula is C33H46I2N2O7. The summed E-state index contributed by atoms with van der Waals surface area (Å²) in [6, 6.07) is 10.2. The number of rotatable bonds is 16. The van der Waals surface area contributed by atoms with Gasteiger partial charge in [0.15, 0.2) is 28.8 Å². The Bertz CT molecular complexity index is 1200. The number of ketones is 1. The first-order valence-corrected chi connectivity index (χ1v) is 14.0. The number of ether oxygens (including phenoxy) is 4. The Labute approximate surface area is 296 Å². The molecule has 0 bridgehead atoms. The highest BCUT2D eigenvalue weighted by atomic mass is 127. The van der Waals surface area contributed by atoms with E-state index in [1.165, 1.54) is 26.4 Å². The minimum atomic E-state index is -0.316. The SMILES string of the molecule is COc1cc(/C=C/C(=O)/C=C/c2ccc(OC(=O)CCC[N+](C)(C)C)c(OC)c2)ccc1OC(=O)CCC[N+](C)(C)C.[I-].[I-]. The van der Waals surface area contributed by atoms with Gasteiger partial charge in [-0.1, -0.05) is 24.3 Å². The fourth-order valence-corrected chi connectivity index (χ4v) is 3.90. The molecule has 0 radical (unpaired) electrons. The standard InChI is InChI=1S/C33H46N2O7.2HI/c1-34(2,3)21-9-11-32(37)41-28-19-15-25(23-30(28)39-7)13-17-27(36)18-14-26-16-20-29(31(24-26)40-8)42-33(38)12-10-22-35(4,5)6;;/h13-20,23-24H,9-12,21-22H2,1-8H3;2*1H/q+2;;/p-2/b17-13+,18-14+;;. The van der Waals surface area contributed by atoms with Crippen LogP contribution in [0.3, 0.4) is 0 Å². The Hall–Kier alpha value is -2.49. The molecule has 2 aromatic rings. The predicted molar refractivity (Wildman–Crippen MR) is 165 cm³/mol. The highest BCUT2D eigenvalue weighted by Crippen LogP contribution is 2.30. The van der Waals surface area contributed by atoms with E-state index in [1.807, 2.05) is 0 Å². The molecule has 0 unspecified atom stereocenters. The van der Waals surface area contributed by atoms with E-state index < -0.39 is 0 Å². The van der Waals surface area contributed by atoms with E-state index in [9.17, 15) is 14.4 Å². The molecule has 0 aliphatic carbocycles. The highest BCUT2D eigenvalue weighted by molar-refractivity contribution is 6.04. The van der Waals surface area contributed by atoms with Crippen LogP contribution in [0, 0.1) is 0 Å². The third kappa shape index (κ3) is 16.5. The van der Waals surface area contributed by atoms with Crippen LogP contribution in [0.25, 0.3) is 12.2 Å². The molecule has 244 valence electrons. The van der Waals surface area contributed by atoms with Gasteiger partial charge in [0.25, 0.3) is 0 Å². The number of hydrogen-bond acceptors (Lipinski definition) is 7. The van der Waals surface area contributed by atoms with Crippen molar-refractivity contribution in [2.45, 2.75) is 25.7 Å². The van der Waals surface area contributed by atoms with Gasteiger partial charge in [-0.05, 0) is 47.5 Å². The van der Waals surface area contributed by atoms with Crippen LogP contribution in [-0.4, -0.2) is 96.3 Å². The molecule has 9 nitrogen and oxygen atoms in total. The Morgan fingerprint density at radius 1 is 0.614 bits per heavy atom. The normalized spacial score (nSPS) is 11.5. The highest BCUT2D eigenvalue weighted by Gasteiger charge is 2.15. The van der Waals surface area contributed by atoms with Gasteiger partial charge in [0.2, 0.25) is 0 Å². The third-order valence-electron chi connectivity index (χ3n) is 6.12. The summed E-state index contributed by atoms with van der Waals surface area (Å²) < 4.78 is 23.3. The van der Waals surface area contributed by atoms with Gasteiger partial charge in [0.05, 0.1) is 82.4 Å². The zero-order valence-corrected chi connectivity index (χ0v) is 31.3. The number of quaternary nitrogens is 2. The van der Waals surface area contributed by atoms with Crippen molar-refractivity contribution >= 4 is 29.9 Å². The molecule has 0 aliphatic rings. The van der Waals surface area contributed by atoms with E-state index in [0.717, 1.165) is 34.9 Å². The third-order valence-corrected chi connectivity index (χ3v) is 6.12. The van der Waals surface area contributed by atoms with Crippen molar-refractivity contribution < 1.29 is 90.3 Å². The fourth-order valence-electron chi connectivity index (χ4n) is 3.90. The van der Waals surface area contributed by atoms with Gasteiger partial charge in [0.1, 0.15) is 0 Å². The topological polar surface area (TPSA) is 88.1 Å². The molecule has 0 aliphatic heterocycles. The Morgan fingerprint density at radius 3 is 1.30 bits per heavy atom. The molecule has 0 heterocycles. The zero-order chi connectivity index (χ0) is 31.3. The summed E-state index contributed by atoms with van der Waals surface area (Å²) in [6.45, 7) is 1.73. The first-order valence-electron chi connectivity index (χ1n) is 14.0. The Morgan fingerprint density at radius 2 is 0.977 bits per heavy atom. The molecular weight excluding hydrogens is 790 g/mol. The summed E-state index contributed by atoms with van der Waals surface area (Å²) >= 11 is 0. The lowest BCUT2D eigenvalue weighted by molar-refractivity contribution is -0.870. The van der Waals surface area contributed by atoms with E-state index >= 15 is 0 Å². The van der Waals surface area contributed by atoms with Crippen molar-refractivity contribution in [3.05, 3.63) is 59.7 Å². The van der Waals surface area contributed by atoms with Crippen molar-refractivity contribution in [3.63, 3.8) is 0 Å². The molecule has 2 rings (SSSR count). The minimum absolute atomic E-state index is 0. The Kier molecular flexibility index (Phi) is 18.7. The predicted octanol–water partition coefficient (Wildman–Crippen LogP) is -1.21.